The van der Waals surface area contributed by atoms with Gasteiger partial charge in [-0.25, -0.2) is 0 Å². The Morgan fingerprint density at radius 2 is 1.35 bits per heavy atom. The zero-order valence-corrected chi connectivity index (χ0v) is 12.2. The maximum absolute atomic E-state index is 10.5. The van der Waals surface area contributed by atoms with E-state index in [-0.39, 0.29) is 5.60 Å². The summed E-state index contributed by atoms with van der Waals surface area (Å²) >= 11 is 0. The molecular formula is C16H32O. The molecule has 0 radical (unpaired) electrons. The van der Waals surface area contributed by atoms with E-state index in [1.165, 1.54) is 51.4 Å². The molecule has 17 heavy (non-hydrogen) atoms. The zero-order valence-electron chi connectivity index (χ0n) is 12.2. The highest BCUT2D eigenvalue weighted by Gasteiger charge is 2.35. The molecule has 1 rings (SSSR count). The van der Waals surface area contributed by atoms with Crippen LogP contribution in [0, 0.1) is 5.41 Å². The van der Waals surface area contributed by atoms with Gasteiger partial charge < -0.3 is 5.11 Å². The summed E-state index contributed by atoms with van der Waals surface area (Å²) in [5.41, 5.74) is 0.146. The fourth-order valence-electron chi connectivity index (χ4n) is 2.88. The molecule has 1 aliphatic rings. The topological polar surface area (TPSA) is 20.2 Å². The van der Waals surface area contributed by atoms with Gasteiger partial charge in [-0.15, -0.1) is 0 Å². The third kappa shape index (κ3) is 5.90. The van der Waals surface area contributed by atoms with Crippen LogP contribution in [-0.4, -0.2) is 10.7 Å². The molecule has 1 N–H and O–H groups in total. The molecule has 0 aromatic carbocycles. The van der Waals surface area contributed by atoms with Gasteiger partial charge in [-0.2, -0.15) is 0 Å². The fraction of sp³-hybridized carbons (Fsp3) is 1.00. The van der Waals surface area contributed by atoms with Gasteiger partial charge in [0.05, 0.1) is 5.60 Å². The van der Waals surface area contributed by atoms with Gasteiger partial charge in [-0.05, 0) is 37.5 Å². The minimum absolute atomic E-state index is 0.319. The van der Waals surface area contributed by atoms with Crippen LogP contribution in [0.25, 0.3) is 0 Å². The summed E-state index contributed by atoms with van der Waals surface area (Å²) in [5, 5.41) is 10.5. The van der Waals surface area contributed by atoms with E-state index in [9.17, 15) is 5.11 Å². The molecule has 0 aromatic rings. The van der Waals surface area contributed by atoms with Gasteiger partial charge >= 0.3 is 0 Å². The van der Waals surface area contributed by atoms with Crippen LogP contribution in [0.4, 0.5) is 0 Å². The summed E-state index contributed by atoms with van der Waals surface area (Å²) in [5.74, 6) is 0. The molecule has 1 heteroatoms. The Kier molecular flexibility index (Phi) is 5.99. The molecule has 1 nitrogen and oxygen atoms in total. The standard InChI is InChI=1S/C16H32O/c1-4-5-6-7-8-9-10-16(17)13-11-15(2,3)12-14-16/h17H,4-14H2,1-3H3. The van der Waals surface area contributed by atoms with Crippen molar-refractivity contribution < 1.29 is 5.11 Å². The van der Waals surface area contributed by atoms with Crippen molar-refractivity contribution in [2.45, 2.75) is 97.0 Å². The highest BCUT2D eigenvalue weighted by molar-refractivity contribution is 4.88. The predicted molar refractivity (Wildman–Crippen MR) is 75.2 cm³/mol. The summed E-state index contributed by atoms with van der Waals surface area (Å²) in [6.45, 7) is 6.92. The Labute approximate surface area is 108 Å². The lowest BCUT2D eigenvalue weighted by molar-refractivity contribution is -0.0337. The molecule has 0 unspecified atom stereocenters. The van der Waals surface area contributed by atoms with Gasteiger partial charge in [0.15, 0.2) is 0 Å². The number of unbranched alkanes of at least 4 members (excludes halogenated alkanes) is 5. The van der Waals surface area contributed by atoms with Gasteiger partial charge in [0.1, 0.15) is 0 Å². The van der Waals surface area contributed by atoms with E-state index < -0.39 is 0 Å². The number of hydrogen-bond donors (Lipinski definition) is 1. The molecule has 0 aromatic heterocycles. The lowest BCUT2D eigenvalue weighted by atomic mass is 9.69. The highest BCUT2D eigenvalue weighted by atomic mass is 16.3. The van der Waals surface area contributed by atoms with E-state index in [1.807, 2.05) is 0 Å². The Bertz CT molecular complexity index is 198. The molecule has 0 aliphatic heterocycles. The first-order valence-electron chi connectivity index (χ1n) is 7.70. The van der Waals surface area contributed by atoms with Crippen LogP contribution in [0.3, 0.4) is 0 Å². The summed E-state index contributed by atoms with van der Waals surface area (Å²) in [4.78, 5) is 0. The normalized spacial score (nSPS) is 22.6. The SMILES string of the molecule is CCCCCCCCC1(O)CCC(C)(C)CC1. The van der Waals surface area contributed by atoms with Crippen LogP contribution in [0.1, 0.15) is 91.4 Å². The van der Waals surface area contributed by atoms with E-state index in [0.717, 1.165) is 19.3 Å². The molecular weight excluding hydrogens is 208 g/mol. The molecule has 1 saturated carbocycles. The lowest BCUT2D eigenvalue weighted by Crippen LogP contribution is -2.36. The van der Waals surface area contributed by atoms with E-state index in [0.29, 0.717) is 5.41 Å². The first-order valence-corrected chi connectivity index (χ1v) is 7.70. The molecule has 0 heterocycles. The average molecular weight is 240 g/mol. The van der Waals surface area contributed by atoms with Crippen molar-refractivity contribution in [3.8, 4) is 0 Å². The van der Waals surface area contributed by atoms with E-state index in [1.54, 1.807) is 0 Å². The Morgan fingerprint density at radius 3 is 1.94 bits per heavy atom. The van der Waals surface area contributed by atoms with Crippen LogP contribution >= 0.6 is 0 Å². The summed E-state index contributed by atoms with van der Waals surface area (Å²) in [6.07, 6.45) is 13.4. The second-order valence-electron chi connectivity index (χ2n) is 6.91. The van der Waals surface area contributed by atoms with Crippen molar-refractivity contribution in [2.24, 2.45) is 5.41 Å². The van der Waals surface area contributed by atoms with Gasteiger partial charge in [0.25, 0.3) is 0 Å². The second kappa shape index (κ2) is 6.78. The molecule has 0 amide bonds. The third-order valence-electron chi connectivity index (χ3n) is 4.53. The average Bonchev–Trinajstić information content (AvgIpc) is 2.28. The number of hydrogen-bond acceptors (Lipinski definition) is 1. The molecule has 0 saturated heterocycles. The van der Waals surface area contributed by atoms with Gasteiger partial charge in [-0.1, -0.05) is 59.3 Å². The van der Waals surface area contributed by atoms with Crippen LogP contribution in [0.2, 0.25) is 0 Å². The zero-order chi connectivity index (χ0) is 12.8. The van der Waals surface area contributed by atoms with Gasteiger partial charge in [0, 0.05) is 0 Å². The van der Waals surface area contributed by atoms with Crippen molar-refractivity contribution in [3.63, 3.8) is 0 Å². The molecule has 0 spiro atoms. The smallest absolute Gasteiger partial charge is 0.0648 e. The molecule has 1 fully saturated rings. The summed E-state index contributed by atoms with van der Waals surface area (Å²) < 4.78 is 0. The summed E-state index contributed by atoms with van der Waals surface area (Å²) in [6, 6.07) is 0. The maximum Gasteiger partial charge on any atom is 0.0648 e. The van der Waals surface area contributed by atoms with E-state index in [4.69, 9.17) is 0 Å². The first kappa shape index (κ1) is 15.0. The highest BCUT2D eigenvalue weighted by Crippen LogP contribution is 2.42. The molecule has 102 valence electrons. The third-order valence-corrected chi connectivity index (χ3v) is 4.53. The minimum Gasteiger partial charge on any atom is -0.390 e. The van der Waals surface area contributed by atoms with Crippen LogP contribution < -0.4 is 0 Å². The predicted octanol–water partition coefficient (Wildman–Crippen LogP) is 5.07. The van der Waals surface area contributed by atoms with Crippen molar-refractivity contribution in [1.29, 1.82) is 0 Å². The van der Waals surface area contributed by atoms with Crippen molar-refractivity contribution in [2.75, 3.05) is 0 Å². The first-order chi connectivity index (χ1) is 7.97. The van der Waals surface area contributed by atoms with E-state index >= 15 is 0 Å². The largest absolute Gasteiger partial charge is 0.390 e. The van der Waals surface area contributed by atoms with Crippen LogP contribution in [-0.2, 0) is 0 Å². The monoisotopic (exact) mass is 240 g/mol. The van der Waals surface area contributed by atoms with Crippen LogP contribution in [0.5, 0.6) is 0 Å². The Balaban J connectivity index is 2.10. The fourth-order valence-corrected chi connectivity index (χ4v) is 2.88. The number of aliphatic hydroxyl groups is 1. The maximum atomic E-state index is 10.5. The lowest BCUT2D eigenvalue weighted by Gasteiger charge is -2.40. The minimum atomic E-state index is -0.319. The van der Waals surface area contributed by atoms with Crippen molar-refractivity contribution in [1.82, 2.24) is 0 Å². The summed E-state index contributed by atoms with van der Waals surface area (Å²) in [7, 11) is 0. The van der Waals surface area contributed by atoms with Crippen molar-refractivity contribution in [3.05, 3.63) is 0 Å². The molecule has 1 aliphatic carbocycles. The van der Waals surface area contributed by atoms with Crippen molar-refractivity contribution >= 4 is 0 Å². The quantitative estimate of drug-likeness (QED) is 0.616. The van der Waals surface area contributed by atoms with Gasteiger partial charge in [-0.3, -0.25) is 0 Å². The molecule has 0 bridgehead atoms. The Hall–Kier alpha value is -0.0400. The second-order valence-corrected chi connectivity index (χ2v) is 6.91. The van der Waals surface area contributed by atoms with Gasteiger partial charge in [0.2, 0.25) is 0 Å². The van der Waals surface area contributed by atoms with Crippen LogP contribution in [0.15, 0.2) is 0 Å². The molecule has 0 atom stereocenters. The number of rotatable bonds is 7. The van der Waals surface area contributed by atoms with E-state index in [2.05, 4.69) is 20.8 Å². The Morgan fingerprint density at radius 1 is 0.824 bits per heavy atom.